The van der Waals surface area contributed by atoms with Crippen LogP contribution in [-0.2, 0) is 7.05 Å². The van der Waals surface area contributed by atoms with Crippen LogP contribution in [0.5, 0.6) is 0 Å². The molecule has 2 aromatic carbocycles. The van der Waals surface area contributed by atoms with Gasteiger partial charge in [-0.25, -0.2) is 0 Å². The SMILES string of the molecule is C[C@H](NC(=O)c1cccc(Cl)c1)c1nnc(SCC(=O)c2ccc(Br)cc2)n1C. The fourth-order valence-electron chi connectivity index (χ4n) is 2.65. The molecule has 0 aliphatic rings. The van der Waals surface area contributed by atoms with E-state index in [-0.39, 0.29) is 23.5 Å². The molecule has 0 aliphatic heterocycles. The van der Waals surface area contributed by atoms with Gasteiger partial charge in [0.25, 0.3) is 5.91 Å². The zero-order valence-electron chi connectivity index (χ0n) is 15.7. The van der Waals surface area contributed by atoms with Gasteiger partial charge in [-0.3, -0.25) is 9.59 Å². The molecule has 0 bridgehead atoms. The van der Waals surface area contributed by atoms with Gasteiger partial charge in [-0.15, -0.1) is 10.2 Å². The van der Waals surface area contributed by atoms with Crippen LogP contribution in [0.4, 0.5) is 0 Å². The second kappa shape index (κ2) is 9.56. The van der Waals surface area contributed by atoms with Crippen molar-refractivity contribution in [1.29, 1.82) is 0 Å². The molecule has 29 heavy (non-hydrogen) atoms. The van der Waals surface area contributed by atoms with E-state index in [9.17, 15) is 9.59 Å². The highest BCUT2D eigenvalue weighted by atomic mass is 79.9. The number of nitrogens with zero attached hydrogens (tertiary/aromatic N) is 3. The Morgan fingerprint density at radius 2 is 1.90 bits per heavy atom. The van der Waals surface area contributed by atoms with Gasteiger partial charge in [0.2, 0.25) is 0 Å². The molecule has 0 unspecified atom stereocenters. The number of carbonyl (C=O) groups excluding carboxylic acids is 2. The van der Waals surface area contributed by atoms with Crippen molar-refractivity contribution in [3.8, 4) is 0 Å². The molecule has 150 valence electrons. The molecule has 1 heterocycles. The Morgan fingerprint density at radius 3 is 2.59 bits per heavy atom. The van der Waals surface area contributed by atoms with Gasteiger partial charge in [-0.2, -0.15) is 0 Å². The molecule has 9 heteroatoms. The number of Topliss-reactive ketones (excluding diaryl/α,β-unsaturated/α-hetero) is 1. The number of benzene rings is 2. The summed E-state index contributed by atoms with van der Waals surface area (Å²) in [6, 6.07) is 13.6. The molecular formula is C20H18BrClN4O2S. The lowest BCUT2D eigenvalue weighted by Gasteiger charge is -2.13. The monoisotopic (exact) mass is 492 g/mol. The predicted octanol–water partition coefficient (Wildman–Crippen LogP) is 4.70. The largest absolute Gasteiger partial charge is 0.342 e. The average Bonchev–Trinajstić information content (AvgIpc) is 3.07. The number of hydrogen-bond donors (Lipinski definition) is 1. The van der Waals surface area contributed by atoms with E-state index in [4.69, 9.17) is 11.6 Å². The van der Waals surface area contributed by atoms with Gasteiger partial charge in [0, 0.05) is 27.7 Å². The molecule has 1 N–H and O–H groups in total. The van der Waals surface area contributed by atoms with Gasteiger partial charge < -0.3 is 9.88 Å². The summed E-state index contributed by atoms with van der Waals surface area (Å²) >= 11 is 10.6. The van der Waals surface area contributed by atoms with Crippen LogP contribution in [0.1, 0.15) is 39.5 Å². The minimum atomic E-state index is -0.365. The molecule has 0 aliphatic carbocycles. The Bertz CT molecular complexity index is 1040. The quantitative estimate of drug-likeness (QED) is 0.381. The molecule has 1 atom stereocenters. The third-order valence-electron chi connectivity index (χ3n) is 4.19. The second-order valence-electron chi connectivity index (χ2n) is 6.32. The lowest BCUT2D eigenvalue weighted by molar-refractivity contribution is 0.0937. The highest BCUT2D eigenvalue weighted by Crippen LogP contribution is 2.21. The summed E-state index contributed by atoms with van der Waals surface area (Å²) in [5.74, 6) is 0.604. The van der Waals surface area contributed by atoms with E-state index in [0.717, 1.165) is 4.47 Å². The van der Waals surface area contributed by atoms with Crippen molar-refractivity contribution in [2.75, 3.05) is 5.75 Å². The van der Waals surface area contributed by atoms with Crippen molar-refractivity contribution < 1.29 is 9.59 Å². The summed E-state index contributed by atoms with van der Waals surface area (Å²) in [7, 11) is 1.81. The van der Waals surface area contributed by atoms with Crippen LogP contribution in [0.3, 0.4) is 0 Å². The molecule has 0 saturated carbocycles. The normalized spacial score (nSPS) is 11.9. The molecule has 0 saturated heterocycles. The zero-order chi connectivity index (χ0) is 21.0. The van der Waals surface area contributed by atoms with E-state index in [1.165, 1.54) is 11.8 Å². The first-order valence-electron chi connectivity index (χ1n) is 8.72. The summed E-state index contributed by atoms with van der Waals surface area (Å²) < 4.78 is 2.70. The van der Waals surface area contributed by atoms with Crippen molar-refractivity contribution in [2.24, 2.45) is 7.05 Å². The second-order valence-corrected chi connectivity index (χ2v) is 8.62. The number of aromatic nitrogens is 3. The zero-order valence-corrected chi connectivity index (χ0v) is 18.9. The minimum Gasteiger partial charge on any atom is -0.342 e. The van der Waals surface area contributed by atoms with Gasteiger partial charge in [-0.05, 0) is 37.3 Å². The maximum Gasteiger partial charge on any atom is 0.251 e. The number of ketones is 1. The fourth-order valence-corrected chi connectivity index (χ4v) is 3.92. The number of carbonyl (C=O) groups is 2. The summed E-state index contributed by atoms with van der Waals surface area (Å²) in [5.41, 5.74) is 1.12. The lowest BCUT2D eigenvalue weighted by Crippen LogP contribution is -2.28. The Hall–Kier alpha value is -2.16. The first-order chi connectivity index (χ1) is 13.8. The van der Waals surface area contributed by atoms with Crippen molar-refractivity contribution in [3.63, 3.8) is 0 Å². The van der Waals surface area contributed by atoms with Crippen LogP contribution in [-0.4, -0.2) is 32.2 Å². The standard InChI is InChI=1S/C20H18BrClN4O2S/c1-12(23-19(28)14-4-3-5-16(22)10-14)18-24-25-20(26(18)2)29-11-17(27)13-6-8-15(21)9-7-13/h3-10,12H,11H2,1-2H3,(H,23,28)/t12-/m0/s1. The maximum atomic E-state index is 12.4. The summed E-state index contributed by atoms with van der Waals surface area (Å²) in [6.45, 7) is 1.83. The van der Waals surface area contributed by atoms with E-state index in [1.54, 1.807) is 41.0 Å². The lowest BCUT2D eigenvalue weighted by atomic mass is 10.2. The van der Waals surface area contributed by atoms with Gasteiger partial charge in [0.15, 0.2) is 16.8 Å². The third-order valence-corrected chi connectivity index (χ3v) is 5.97. The highest BCUT2D eigenvalue weighted by Gasteiger charge is 2.19. The number of hydrogen-bond acceptors (Lipinski definition) is 5. The van der Waals surface area contributed by atoms with Crippen molar-refractivity contribution >= 4 is 51.0 Å². The van der Waals surface area contributed by atoms with E-state index in [0.29, 0.717) is 27.1 Å². The smallest absolute Gasteiger partial charge is 0.251 e. The Balaban J connectivity index is 1.63. The molecule has 3 aromatic rings. The third kappa shape index (κ3) is 5.46. The molecule has 1 aromatic heterocycles. The molecule has 6 nitrogen and oxygen atoms in total. The molecule has 0 spiro atoms. The van der Waals surface area contributed by atoms with Gasteiger partial charge in [0.1, 0.15) is 0 Å². The maximum absolute atomic E-state index is 12.4. The Labute approximate surface area is 186 Å². The first-order valence-corrected chi connectivity index (χ1v) is 10.9. The Morgan fingerprint density at radius 1 is 1.17 bits per heavy atom. The van der Waals surface area contributed by atoms with Gasteiger partial charge in [0.05, 0.1) is 11.8 Å². The number of amides is 1. The van der Waals surface area contributed by atoms with Crippen LogP contribution in [0, 0.1) is 0 Å². The van der Waals surface area contributed by atoms with Crippen LogP contribution >= 0.6 is 39.3 Å². The predicted molar refractivity (Wildman–Crippen MR) is 118 cm³/mol. The molecule has 0 radical (unpaired) electrons. The first kappa shape index (κ1) is 21.5. The molecular weight excluding hydrogens is 476 g/mol. The van der Waals surface area contributed by atoms with E-state index < -0.39 is 0 Å². The van der Waals surface area contributed by atoms with Crippen LogP contribution < -0.4 is 5.32 Å². The summed E-state index contributed by atoms with van der Waals surface area (Å²) in [4.78, 5) is 24.8. The van der Waals surface area contributed by atoms with Gasteiger partial charge in [-0.1, -0.05) is 57.5 Å². The fraction of sp³-hybridized carbons (Fsp3) is 0.200. The summed E-state index contributed by atoms with van der Waals surface area (Å²) in [6.07, 6.45) is 0. The number of thioether (sulfide) groups is 1. The van der Waals surface area contributed by atoms with Crippen LogP contribution in [0.25, 0.3) is 0 Å². The van der Waals surface area contributed by atoms with E-state index in [1.807, 2.05) is 26.1 Å². The van der Waals surface area contributed by atoms with Gasteiger partial charge >= 0.3 is 0 Å². The van der Waals surface area contributed by atoms with E-state index in [2.05, 4.69) is 31.4 Å². The number of rotatable bonds is 7. The van der Waals surface area contributed by atoms with Crippen molar-refractivity contribution in [1.82, 2.24) is 20.1 Å². The highest BCUT2D eigenvalue weighted by molar-refractivity contribution is 9.10. The van der Waals surface area contributed by atoms with E-state index >= 15 is 0 Å². The van der Waals surface area contributed by atoms with Crippen molar-refractivity contribution in [3.05, 3.63) is 75.0 Å². The molecule has 1 amide bonds. The van der Waals surface area contributed by atoms with Crippen molar-refractivity contribution in [2.45, 2.75) is 18.1 Å². The average molecular weight is 494 g/mol. The van der Waals surface area contributed by atoms with Crippen LogP contribution in [0.2, 0.25) is 5.02 Å². The molecule has 0 fully saturated rings. The number of nitrogens with one attached hydrogen (secondary N) is 1. The summed E-state index contributed by atoms with van der Waals surface area (Å²) in [5, 5.41) is 12.3. The van der Waals surface area contributed by atoms with Crippen LogP contribution in [0.15, 0.2) is 58.2 Å². The number of halogens is 2. The minimum absolute atomic E-state index is 0.00866. The molecule has 3 rings (SSSR count). The topological polar surface area (TPSA) is 76.9 Å². The Kier molecular flexibility index (Phi) is 7.10.